The van der Waals surface area contributed by atoms with E-state index in [0.717, 1.165) is 5.56 Å². The number of nitro groups is 1. The number of ketones is 2. The summed E-state index contributed by atoms with van der Waals surface area (Å²) in [5, 5.41) is 11.2. The van der Waals surface area contributed by atoms with Crippen molar-refractivity contribution in [2.75, 3.05) is 6.79 Å². The van der Waals surface area contributed by atoms with E-state index in [0.29, 0.717) is 16.9 Å². The molecular formula is C20H19NO7. The number of carbonyl (C=O) groups excluding carboxylic acids is 2. The zero-order chi connectivity index (χ0) is 20.4. The van der Waals surface area contributed by atoms with Gasteiger partial charge in [0, 0.05) is 23.3 Å². The average molecular weight is 385 g/mol. The van der Waals surface area contributed by atoms with Crippen LogP contribution in [0, 0.1) is 17.0 Å². The minimum atomic E-state index is -0.508. The van der Waals surface area contributed by atoms with Gasteiger partial charge in [-0.3, -0.25) is 19.7 Å². The van der Waals surface area contributed by atoms with Crippen LogP contribution in [0.15, 0.2) is 24.3 Å². The molecule has 0 saturated carbocycles. The van der Waals surface area contributed by atoms with Gasteiger partial charge < -0.3 is 14.2 Å². The lowest BCUT2D eigenvalue weighted by molar-refractivity contribution is -0.385. The SMILES string of the molecule is CC(=O)c1cc(C)cc(C(C)=O)c1OCc1cc([N+](=O)[O-])cc2c1OCOC2. The first kappa shape index (κ1) is 19.5. The van der Waals surface area contributed by atoms with Crippen molar-refractivity contribution in [3.05, 3.63) is 62.2 Å². The predicted molar refractivity (Wildman–Crippen MR) is 98.9 cm³/mol. The predicted octanol–water partition coefficient (Wildman–Crippen LogP) is 3.75. The third kappa shape index (κ3) is 3.86. The van der Waals surface area contributed by atoms with Crippen LogP contribution in [-0.2, 0) is 18.0 Å². The van der Waals surface area contributed by atoms with Crippen LogP contribution in [0.5, 0.6) is 11.5 Å². The highest BCUT2D eigenvalue weighted by molar-refractivity contribution is 6.04. The second kappa shape index (κ2) is 7.77. The van der Waals surface area contributed by atoms with Crippen molar-refractivity contribution < 1.29 is 28.7 Å². The largest absolute Gasteiger partial charge is 0.487 e. The normalized spacial score (nSPS) is 12.7. The quantitative estimate of drug-likeness (QED) is 0.423. The van der Waals surface area contributed by atoms with E-state index in [9.17, 15) is 19.7 Å². The summed E-state index contributed by atoms with van der Waals surface area (Å²) in [7, 11) is 0. The topological polar surface area (TPSA) is 105 Å². The molecule has 0 N–H and O–H groups in total. The lowest BCUT2D eigenvalue weighted by Crippen LogP contribution is -2.15. The first-order chi connectivity index (χ1) is 13.3. The van der Waals surface area contributed by atoms with E-state index >= 15 is 0 Å². The van der Waals surface area contributed by atoms with Gasteiger partial charge in [0.2, 0.25) is 0 Å². The number of ether oxygens (including phenoxy) is 3. The van der Waals surface area contributed by atoms with Crippen molar-refractivity contribution in [1.82, 2.24) is 0 Å². The van der Waals surface area contributed by atoms with E-state index in [-0.39, 0.29) is 54.1 Å². The summed E-state index contributed by atoms with van der Waals surface area (Å²) in [4.78, 5) is 34.8. The lowest BCUT2D eigenvalue weighted by atomic mass is 10.00. The Kier molecular flexibility index (Phi) is 5.41. The summed E-state index contributed by atoms with van der Waals surface area (Å²) in [5.74, 6) is 0.134. The van der Waals surface area contributed by atoms with Crippen molar-refractivity contribution in [3.8, 4) is 11.5 Å². The molecule has 0 saturated heterocycles. The Morgan fingerprint density at radius 1 is 1.14 bits per heavy atom. The fourth-order valence-corrected chi connectivity index (χ4v) is 3.10. The molecule has 146 valence electrons. The van der Waals surface area contributed by atoms with Gasteiger partial charge in [-0.2, -0.15) is 0 Å². The molecule has 0 bridgehead atoms. The Balaban J connectivity index is 2.03. The molecule has 28 heavy (non-hydrogen) atoms. The summed E-state index contributed by atoms with van der Waals surface area (Å²) in [5.41, 5.74) is 2.20. The minimum Gasteiger partial charge on any atom is -0.487 e. The van der Waals surface area contributed by atoms with Crippen LogP contribution in [0.1, 0.15) is 51.3 Å². The Hall–Kier alpha value is -3.26. The molecule has 0 unspecified atom stereocenters. The van der Waals surface area contributed by atoms with Crippen LogP contribution in [0.25, 0.3) is 0 Å². The van der Waals surface area contributed by atoms with Crippen LogP contribution < -0.4 is 9.47 Å². The van der Waals surface area contributed by atoms with Gasteiger partial charge in [-0.15, -0.1) is 0 Å². The summed E-state index contributed by atoms with van der Waals surface area (Å²) >= 11 is 0. The zero-order valence-corrected chi connectivity index (χ0v) is 15.7. The molecule has 2 aromatic carbocycles. The van der Waals surface area contributed by atoms with Crippen LogP contribution in [0.2, 0.25) is 0 Å². The Morgan fingerprint density at radius 3 is 2.36 bits per heavy atom. The number of rotatable bonds is 6. The maximum absolute atomic E-state index is 12.1. The fourth-order valence-electron chi connectivity index (χ4n) is 3.10. The van der Waals surface area contributed by atoms with Crippen molar-refractivity contribution in [3.63, 3.8) is 0 Å². The molecule has 1 heterocycles. The molecule has 0 fully saturated rings. The van der Waals surface area contributed by atoms with Crippen LogP contribution in [-0.4, -0.2) is 23.3 Å². The van der Waals surface area contributed by atoms with Gasteiger partial charge in [0.1, 0.15) is 18.1 Å². The van der Waals surface area contributed by atoms with Gasteiger partial charge >= 0.3 is 0 Å². The number of hydrogen-bond acceptors (Lipinski definition) is 7. The highest BCUT2D eigenvalue weighted by Crippen LogP contribution is 2.35. The number of carbonyl (C=O) groups is 2. The molecule has 8 heteroatoms. The Bertz CT molecular complexity index is 946. The number of hydrogen-bond donors (Lipinski definition) is 0. The molecule has 1 aliphatic heterocycles. The van der Waals surface area contributed by atoms with Crippen molar-refractivity contribution in [2.24, 2.45) is 0 Å². The first-order valence-corrected chi connectivity index (χ1v) is 8.58. The number of nitro benzene ring substituents is 1. The molecule has 1 aliphatic rings. The van der Waals surface area contributed by atoms with Crippen LogP contribution >= 0.6 is 0 Å². The van der Waals surface area contributed by atoms with Gasteiger partial charge in [0.25, 0.3) is 5.69 Å². The van der Waals surface area contributed by atoms with E-state index < -0.39 is 4.92 Å². The second-order valence-electron chi connectivity index (χ2n) is 6.55. The van der Waals surface area contributed by atoms with E-state index in [1.807, 2.05) is 0 Å². The molecule has 0 atom stereocenters. The summed E-state index contributed by atoms with van der Waals surface area (Å²) < 4.78 is 16.5. The van der Waals surface area contributed by atoms with Gasteiger partial charge in [0.15, 0.2) is 18.4 Å². The maximum atomic E-state index is 12.1. The van der Waals surface area contributed by atoms with Crippen molar-refractivity contribution >= 4 is 17.3 Å². The number of benzene rings is 2. The highest BCUT2D eigenvalue weighted by Gasteiger charge is 2.23. The Morgan fingerprint density at radius 2 is 1.79 bits per heavy atom. The number of fused-ring (bicyclic) bond motifs is 1. The van der Waals surface area contributed by atoms with Gasteiger partial charge in [-0.1, -0.05) is 0 Å². The standard InChI is InChI=1S/C20H19NO7/c1-11-4-17(12(2)22)20(18(5-11)13(3)23)27-9-15-7-16(21(24)25)6-14-8-26-10-28-19(14)15/h4-7H,8-10H2,1-3H3. The number of non-ortho nitro benzene ring substituents is 1. The van der Waals surface area contributed by atoms with E-state index in [2.05, 4.69) is 0 Å². The van der Waals surface area contributed by atoms with Gasteiger partial charge in [-0.05, 0) is 38.5 Å². The molecule has 0 radical (unpaired) electrons. The van der Waals surface area contributed by atoms with Gasteiger partial charge in [0.05, 0.1) is 22.7 Å². The zero-order valence-electron chi connectivity index (χ0n) is 15.7. The fraction of sp³-hybridized carbons (Fsp3) is 0.300. The second-order valence-corrected chi connectivity index (χ2v) is 6.55. The molecule has 0 aliphatic carbocycles. The minimum absolute atomic E-state index is 0.0275. The van der Waals surface area contributed by atoms with E-state index in [1.54, 1.807) is 19.1 Å². The molecule has 8 nitrogen and oxygen atoms in total. The van der Waals surface area contributed by atoms with Crippen LogP contribution in [0.3, 0.4) is 0 Å². The first-order valence-electron chi connectivity index (χ1n) is 8.58. The lowest BCUT2D eigenvalue weighted by Gasteiger charge is -2.21. The van der Waals surface area contributed by atoms with Crippen molar-refractivity contribution in [1.29, 1.82) is 0 Å². The average Bonchev–Trinajstić information content (AvgIpc) is 2.65. The number of aryl methyl sites for hydroxylation is 1. The highest BCUT2D eigenvalue weighted by atomic mass is 16.7. The summed E-state index contributed by atoms with van der Waals surface area (Å²) in [6, 6.07) is 6.06. The van der Waals surface area contributed by atoms with Gasteiger partial charge in [-0.25, -0.2) is 0 Å². The third-order valence-corrected chi connectivity index (χ3v) is 4.35. The van der Waals surface area contributed by atoms with E-state index in [1.165, 1.54) is 26.0 Å². The Labute approximate surface area is 161 Å². The molecular weight excluding hydrogens is 366 g/mol. The molecule has 0 amide bonds. The number of Topliss-reactive ketones (excluding diaryl/α,β-unsaturated/α-hetero) is 2. The smallest absolute Gasteiger partial charge is 0.270 e. The number of nitrogens with zero attached hydrogens (tertiary/aromatic N) is 1. The van der Waals surface area contributed by atoms with Crippen LogP contribution in [0.4, 0.5) is 5.69 Å². The molecule has 0 spiro atoms. The maximum Gasteiger partial charge on any atom is 0.270 e. The summed E-state index contributed by atoms with van der Waals surface area (Å²) in [6.07, 6.45) is 0. The molecule has 2 aromatic rings. The van der Waals surface area contributed by atoms with E-state index in [4.69, 9.17) is 14.2 Å². The monoisotopic (exact) mass is 385 g/mol. The summed E-state index contributed by atoms with van der Waals surface area (Å²) in [6.45, 7) is 4.68. The third-order valence-electron chi connectivity index (χ3n) is 4.35. The molecule has 3 rings (SSSR count). The van der Waals surface area contributed by atoms with Crippen molar-refractivity contribution in [2.45, 2.75) is 34.0 Å². The molecule has 0 aromatic heterocycles.